The van der Waals surface area contributed by atoms with Crippen LogP contribution < -0.4 is 4.72 Å². The highest BCUT2D eigenvalue weighted by Crippen LogP contribution is 2.34. The minimum atomic E-state index is -4.60. The van der Waals surface area contributed by atoms with E-state index < -0.39 is 39.8 Å². The molecule has 0 aliphatic carbocycles. The molecule has 3 rings (SSSR count). The molecule has 0 saturated carbocycles. The summed E-state index contributed by atoms with van der Waals surface area (Å²) in [6, 6.07) is 9.10. The molecule has 1 N–H and O–H groups in total. The molecule has 0 aliphatic rings. The quantitative estimate of drug-likeness (QED) is 0.300. The van der Waals surface area contributed by atoms with Crippen molar-refractivity contribution >= 4 is 26.7 Å². The Hall–Kier alpha value is -2.72. The number of sulfonamides is 1. The van der Waals surface area contributed by atoms with Crippen molar-refractivity contribution in [3.05, 3.63) is 70.7 Å². The van der Waals surface area contributed by atoms with Gasteiger partial charge in [-0.2, -0.15) is 13.2 Å². The second-order valence-electron chi connectivity index (χ2n) is 7.52. The Balaban J connectivity index is 1.98. The van der Waals surface area contributed by atoms with Crippen molar-refractivity contribution in [1.82, 2.24) is 9.29 Å². The number of para-hydroxylation sites is 1. The number of alkyl halides is 3. The van der Waals surface area contributed by atoms with Gasteiger partial charge < -0.3 is 4.57 Å². The molecule has 0 radical (unpaired) electrons. The number of nitrogens with zero attached hydrogens (tertiary/aromatic N) is 1. The van der Waals surface area contributed by atoms with E-state index >= 15 is 0 Å². The molecule has 0 fully saturated rings. The van der Waals surface area contributed by atoms with Gasteiger partial charge in [0.2, 0.25) is 10.0 Å². The van der Waals surface area contributed by atoms with Gasteiger partial charge in [0, 0.05) is 36.2 Å². The number of nitrogens with one attached hydrogen (secondary N) is 1. The molecule has 0 atom stereocenters. The number of benzene rings is 2. The maximum atomic E-state index is 14.7. The average molecular weight is 470 g/mol. The fraction of sp³-hybridized carbons (Fsp3) is 0.318. The Morgan fingerprint density at radius 3 is 2.44 bits per heavy atom. The Labute approximate surface area is 183 Å². The first-order valence-electron chi connectivity index (χ1n) is 9.80. The standard InChI is InChI=1S/C22H22F4N2O3S/c1-14-20(19(29)13-15-7-3-4-9-17(15)22(24,25)26)16-8-5-10-18(23)21(16)28(14)12-6-11-27-32(2,30)31/h3-5,7-10,27H,6,11-13H2,1-2H3. The zero-order valence-electron chi connectivity index (χ0n) is 17.5. The zero-order chi connectivity index (χ0) is 23.7. The molecule has 0 aliphatic heterocycles. The molecule has 172 valence electrons. The maximum absolute atomic E-state index is 14.7. The van der Waals surface area contributed by atoms with E-state index in [0.717, 1.165) is 12.3 Å². The zero-order valence-corrected chi connectivity index (χ0v) is 18.3. The van der Waals surface area contributed by atoms with Crippen molar-refractivity contribution in [2.75, 3.05) is 12.8 Å². The number of aromatic nitrogens is 1. The predicted octanol–water partition coefficient (Wildman–Crippen LogP) is 4.47. The van der Waals surface area contributed by atoms with Crippen LogP contribution in [0.4, 0.5) is 17.6 Å². The Kier molecular flexibility index (Phi) is 6.75. The lowest BCUT2D eigenvalue weighted by molar-refractivity contribution is -0.138. The Morgan fingerprint density at radius 2 is 1.78 bits per heavy atom. The minimum absolute atomic E-state index is 0.120. The Morgan fingerprint density at radius 1 is 1.09 bits per heavy atom. The summed E-state index contributed by atoms with van der Waals surface area (Å²) >= 11 is 0. The van der Waals surface area contributed by atoms with E-state index in [1.807, 2.05) is 0 Å². The molecule has 0 bridgehead atoms. The van der Waals surface area contributed by atoms with Crippen molar-refractivity contribution in [1.29, 1.82) is 0 Å². The van der Waals surface area contributed by atoms with Crippen molar-refractivity contribution in [2.24, 2.45) is 0 Å². The molecule has 32 heavy (non-hydrogen) atoms. The molecule has 2 aromatic carbocycles. The fourth-order valence-corrected chi connectivity index (χ4v) is 4.34. The van der Waals surface area contributed by atoms with Crippen LogP contribution >= 0.6 is 0 Å². The molecule has 1 heterocycles. The highest BCUT2D eigenvalue weighted by molar-refractivity contribution is 7.88. The first-order valence-corrected chi connectivity index (χ1v) is 11.7. The van der Waals surface area contributed by atoms with Gasteiger partial charge in [-0.3, -0.25) is 4.79 Å². The van der Waals surface area contributed by atoms with Crippen LogP contribution in [0.25, 0.3) is 10.9 Å². The van der Waals surface area contributed by atoms with Gasteiger partial charge in [-0.15, -0.1) is 0 Å². The van der Waals surface area contributed by atoms with Gasteiger partial charge in [-0.05, 0) is 31.0 Å². The summed E-state index contributed by atoms with van der Waals surface area (Å²) in [4.78, 5) is 13.1. The molecule has 10 heteroatoms. The lowest BCUT2D eigenvalue weighted by atomic mass is 9.97. The van der Waals surface area contributed by atoms with E-state index in [2.05, 4.69) is 4.72 Å². The van der Waals surface area contributed by atoms with Gasteiger partial charge in [-0.25, -0.2) is 17.5 Å². The summed E-state index contributed by atoms with van der Waals surface area (Å²) in [7, 11) is -3.38. The molecule has 3 aromatic rings. The largest absolute Gasteiger partial charge is 0.416 e. The van der Waals surface area contributed by atoms with Crippen LogP contribution in [0.2, 0.25) is 0 Å². The number of rotatable bonds is 8. The van der Waals surface area contributed by atoms with Gasteiger partial charge in [0.1, 0.15) is 5.82 Å². The number of halogens is 4. The normalized spacial score (nSPS) is 12.4. The topological polar surface area (TPSA) is 68.2 Å². The number of Topliss-reactive ketones (excluding diaryl/α,β-unsaturated/α-hetero) is 1. The number of ketones is 1. The monoisotopic (exact) mass is 470 g/mol. The summed E-state index contributed by atoms with van der Waals surface area (Å²) in [6.45, 7) is 1.94. The lowest BCUT2D eigenvalue weighted by Crippen LogP contribution is -2.24. The number of aryl methyl sites for hydroxylation is 1. The summed E-state index contributed by atoms with van der Waals surface area (Å²) < 4.78 is 81.0. The van der Waals surface area contributed by atoms with Crippen LogP contribution in [0.1, 0.15) is 33.6 Å². The predicted molar refractivity (Wildman–Crippen MR) is 114 cm³/mol. The number of carbonyl (C=O) groups is 1. The smallest absolute Gasteiger partial charge is 0.342 e. The molecule has 0 saturated heterocycles. The molecular weight excluding hydrogens is 448 g/mol. The van der Waals surface area contributed by atoms with E-state index in [9.17, 15) is 30.8 Å². The third-order valence-corrected chi connectivity index (χ3v) is 5.90. The highest BCUT2D eigenvalue weighted by Gasteiger charge is 2.34. The van der Waals surface area contributed by atoms with Crippen molar-refractivity contribution in [3.8, 4) is 0 Å². The second kappa shape index (κ2) is 9.03. The number of hydrogen-bond donors (Lipinski definition) is 1. The number of fused-ring (bicyclic) bond motifs is 1. The van der Waals surface area contributed by atoms with E-state index in [1.165, 1.54) is 30.3 Å². The SMILES string of the molecule is Cc1c(C(=O)Cc2ccccc2C(F)(F)F)c2cccc(F)c2n1CCCNS(C)(=O)=O. The molecule has 1 aromatic heterocycles. The van der Waals surface area contributed by atoms with Crippen molar-refractivity contribution in [3.63, 3.8) is 0 Å². The highest BCUT2D eigenvalue weighted by atomic mass is 32.2. The van der Waals surface area contributed by atoms with Gasteiger partial charge in [-0.1, -0.05) is 30.3 Å². The molecule has 0 spiro atoms. The number of carbonyl (C=O) groups excluding carboxylic acids is 1. The van der Waals surface area contributed by atoms with E-state index in [4.69, 9.17) is 0 Å². The third kappa shape index (κ3) is 5.18. The van der Waals surface area contributed by atoms with E-state index in [1.54, 1.807) is 17.6 Å². The summed E-state index contributed by atoms with van der Waals surface area (Å²) in [5.41, 5.74) is -0.296. The van der Waals surface area contributed by atoms with Gasteiger partial charge >= 0.3 is 6.18 Å². The van der Waals surface area contributed by atoms with Crippen molar-refractivity contribution in [2.45, 2.75) is 32.5 Å². The van der Waals surface area contributed by atoms with Crippen LogP contribution in [0.3, 0.4) is 0 Å². The molecule has 0 unspecified atom stereocenters. The van der Waals surface area contributed by atoms with Crippen LogP contribution in [0.5, 0.6) is 0 Å². The van der Waals surface area contributed by atoms with E-state index in [-0.39, 0.29) is 29.7 Å². The van der Waals surface area contributed by atoms with Gasteiger partial charge in [0.15, 0.2) is 5.78 Å². The van der Waals surface area contributed by atoms with E-state index in [0.29, 0.717) is 17.5 Å². The molecular formula is C22H22F4N2O3S. The van der Waals surface area contributed by atoms with Crippen LogP contribution in [0, 0.1) is 12.7 Å². The third-order valence-electron chi connectivity index (χ3n) is 5.17. The van der Waals surface area contributed by atoms with Crippen LogP contribution in [0.15, 0.2) is 42.5 Å². The minimum Gasteiger partial charge on any atom is -0.342 e. The van der Waals surface area contributed by atoms with Gasteiger partial charge in [0.25, 0.3) is 0 Å². The molecule has 0 amide bonds. The molecule has 5 nitrogen and oxygen atoms in total. The average Bonchev–Trinajstić information content (AvgIpc) is 2.97. The fourth-order valence-electron chi connectivity index (χ4n) is 3.83. The van der Waals surface area contributed by atoms with Crippen LogP contribution in [-0.2, 0) is 29.2 Å². The first kappa shape index (κ1) is 23.9. The number of hydrogen-bond acceptors (Lipinski definition) is 3. The van der Waals surface area contributed by atoms with Crippen LogP contribution in [-0.4, -0.2) is 31.6 Å². The summed E-state index contributed by atoms with van der Waals surface area (Å²) in [5.74, 6) is -1.13. The lowest BCUT2D eigenvalue weighted by Gasteiger charge is -2.12. The summed E-state index contributed by atoms with van der Waals surface area (Å²) in [6.07, 6.45) is -3.73. The Bertz CT molecular complexity index is 1260. The van der Waals surface area contributed by atoms with Crippen molar-refractivity contribution < 1.29 is 30.8 Å². The maximum Gasteiger partial charge on any atom is 0.416 e. The van der Waals surface area contributed by atoms with Gasteiger partial charge in [0.05, 0.1) is 17.3 Å². The first-order chi connectivity index (χ1) is 14.9. The summed E-state index contributed by atoms with van der Waals surface area (Å²) in [5, 5.41) is 0.313. The second-order valence-corrected chi connectivity index (χ2v) is 9.36.